The fraction of sp³-hybridized carbons (Fsp3) is 0. The van der Waals surface area contributed by atoms with Crippen LogP contribution in [0.2, 0.25) is 0 Å². The van der Waals surface area contributed by atoms with Crippen LogP contribution < -0.4 is 0 Å². The van der Waals surface area contributed by atoms with Gasteiger partial charge in [-0.3, -0.25) is 0 Å². The third kappa shape index (κ3) is 4.38. The van der Waals surface area contributed by atoms with Crippen LogP contribution in [0.3, 0.4) is 0 Å². The smallest absolute Gasteiger partial charge is 0.143 e. The molecule has 3 heterocycles. The van der Waals surface area contributed by atoms with Crippen molar-refractivity contribution in [2.45, 2.75) is 0 Å². The van der Waals surface area contributed by atoms with Gasteiger partial charge in [-0.05, 0) is 111 Å². The van der Waals surface area contributed by atoms with Gasteiger partial charge in [0.15, 0.2) is 0 Å². The highest BCUT2D eigenvalue weighted by molar-refractivity contribution is 6.31. The SMILES string of the molecule is [2H]c1c([2H])c([2H])c(-c2c(-c3ccc4c(c3)c3ccccc3n4-c3ccccc3)c3ccc4c5ccccc5oc4c3c3cc4ccn(-c5ccccc5)c4cc23)c([2H])c1[2H]. The van der Waals surface area contributed by atoms with E-state index in [1.165, 1.54) is 0 Å². The topological polar surface area (TPSA) is 23.0 Å². The summed E-state index contributed by atoms with van der Waals surface area (Å²) in [6.45, 7) is 0. The molecule has 0 aliphatic heterocycles. The second kappa shape index (κ2) is 11.6. The quantitative estimate of drug-likeness (QED) is 0.167. The monoisotopic (exact) mass is 705 g/mol. The van der Waals surface area contributed by atoms with E-state index in [0.717, 1.165) is 98.7 Å². The predicted molar refractivity (Wildman–Crippen MR) is 231 cm³/mol. The summed E-state index contributed by atoms with van der Waals surface area (Å²) in [7, 11) is 0. The van der Waals surface area contributed by atoms with Crippen LogP contribution in [0.1, 0.15) is 6.85 Å². The van der Waals surface area contributed by atoms with Crippen LogP contribution in [0.25, 0.3) is 110 Å². The van der Waals surface area contributed by atoms with E-state index in [1.807, 2.05) is 54.6 Å². The first kappa shape index (κ1) is 25.6. The molecular weight excluding hydrogens is 669 g/mol. The molecule has 0 bridgehead atoms. The van der Waals surface area contributed by atoms with Gasteiger partial charge in [-0.15, -0.1) is 0 Å². The molecule has 0 N–H and O–H groups in total. The average Bonchev–Trinajstić information content (AvgIpc) is 3.99. The molecule has 0 saturated heterocycles. The number of benzene rings is 9. The lowest BCUT2D eigenvalue weighted by Crippen LogP contribution is -1.95. The fourth-order valence-corrected chi connectivity index (χ4v) is 8.86. The number of hydrogen-bond donors (Lipinski definition) is 0. The minimum Gasteiger partial charge on any atom is -0.455 e. The fourth-order valence-electron chi connectivity index (χ4n) is 8.86. The summed E-state index contributed by atoms with van der Waals surface area (Å²) < 4.78 is 56.6. The van der Waals surface area contributed by atoms with E-state index >= 15 is 0 Å². The molecule has 0 amide bonds. The Morgan fingerprint density at radius 2 is 1.13 bits per heavy atom. The minimum absolute atomic E-state index is 0.150. The number of hydrogen-bond acceptors (Lipinski definition) is 1. The molecule has 0 fully saturated rings. The molecule has 0 unspecified atom stereocenters. The Balaban J connectivity index is 1.31. The Morgan fingerprint density at radius 1 is 0.436 bits per heavy atom. The molecule has 12 rings (SSSR count). The summed E-state index contributed by atoms with van der Waals surface area (Å²) >= 11 is 0. The normalized spacial score (nSPS) is 13.3. The molecule has 12 aromatic rings. The zero-order valence-corrected chi connectivity index (χ0v) is 29.4. The lowest BCUT2D eigenvalue weighted by Gasteiger charge is -2.20. The molecule has 55 heavy (non-hydrogen) atoms. The van der Waals surface area contributed by atoms with E-state index in [1.54, 1.807) is 0 Å². The van der Waals surface area contributed by atoms with Crippen LogP contribution in [-0.4, -0.2) is 9.13 Å². The summed E-state index contributed by atoms with van der Waals surface area (Å²) in [4.78, 5) is 0. The molecule has 3 nitrogen and oxygen atoms in total. The van der Waals surface area contributed by atoms with E-state index in [0.29, 0.717) is 5.56 Å². The van der Waals surface area contributed by atoms with Gasteiger partial charge in [-0.1, -0.05) is 115 Å². The summed E-state index contributed by atoms with van der Waals surface area (Å²) in [6.07, 6.45) is 2.05. The van der Waals surface area contributed by atoms with Crippen LogP contribution in [0.15, 0.2) is 199 Å². The number of para-hydroxylation sites is 4. The lowest BCUT2D eigenvalue weighted by molar-refractivity contribution is 0.673. The van der Waals surface area contributed by atoms with Crippen molar-refractivity contribution in [2.75, 3.05) is 0 Å². The summed E-state index contributed by atoms with van der Waals surface area (Å²) in [5.41, 5.74) is 8.88. The second-order valence-corrected chi connectivity index (χ2v) is 14.1. The summed E-state index contributed by atoms with van der Waals surface area (Å²) in [6, 6.07) is 52.2. The molecule has 3 aromatic heterocycles. The van der Waals surface area contributed by atoms with Gasteiger partial charge in [-0.25, -0.2) is 0 Å². The highest BCUT2D eigenvalue weighted by Gasteiger charge is 2.24. The van der Waals surface area contributed by atoms with Gasteiger partial charge in [0.2, 0.25) is 0 Å². The third-order valence-corrected chi connectivity index (χ3v) is 11.2. The molecule has 0 spiro atoms. The predicted octanol–water partition coefficient (Wildman–Crippen LogP) is 14.3. The van der Waals surface area contributed by atoms with Crippen LogP contribution in [0.5, 0.6) is 0 Å². The van der Waals surface area contributed by atoms with Crippen molar-refractivity contribution in [3.63, 3.8) is 0 Å². The first-order valence-electron chi connectivity index (χ1n) is 20.9. The van der Waals surface area contributed by atoms with Gasteiger partial charge in [0.25, 0.3) is 0 Å². The van der Waals surface area contributed by atoms with Gasteiger partial charge in [0.1, 0.15) is 11.2 Å². The molecule has 3 heteroatoms. The van der Waals surface area contributed by atoms with Gasteiger partial charge < -0.3 is 13.6 Å². The number of aromatic nitrogens is 2. The van der Waals surface area contributed by atoms with E-state index in [4.69, 9.17) is 8.53 Å². The van der Waals surface area contributed by atoms with Crippen LogP contribution >= 0.6 is 0 Å². The molecular formula is C52H32N2O. The van der Waals surface area contributed by atoms with E-state index < -0.39 is 6.04 Å². The Kier molecular flexibility index (Phi) is 5.38. The standard InChI is InChI=1S/C52H32N2O/c1-4-14-33(15-5-1)49-44-32-47-34(28-29-53(47)36-16-6-2-7-17-36)30-43(44)51-41(26-25-40-39-21-11-13-23-48(39)55-52(40)51)50(49)35-24-27-46-42(31-35)38-20-10-12-22-45(38)54(46)37-18-8-3-9-19-37/h1-32H/i1D,4D,5D,14D,15D. The highest BCUT2D eigenvalue weighted by Crippen LogP contribution is 2.49. The Labute approximate surface area is 323 Å². The first-order chi connectivity index (χ1) is 29.4. The van der Waals surface area contributed by atoms with Crippen molar-refractivity contribution < 1.29 is 11.3 Å². The Bertz CT molecular complexity index is 3740. The van der Waals surface area contributed by atoms with Gasteiger partial charge in [0, 0.05) is 49.9 Å². The van der Waals surface area contributed by atoms with Crippen molar-refractivity contribution in [3.8, 4) is 33.6 Å². The third-order valence-electron chi connectivity index (χ3n) is 11.2. The molecule has 0 atom stereocenters. The van der Waals surface area contributed by atoms with Gasteiger partial charge in [-0.2, -0.15) is 0 Å². The summed E-state index contributed by atoms with van der Waals surface area (Å²) in [5.74, 6) is 0. The van der Waals surface area contributed by atoms with Crippen LogP contribution in [0, 0.1) is 0 Å². The minimum atomic E-state index is -0.431. The lowest BCUT2D eigenvalue weighted by atomic mass is 9.84. The zero-order valence-electron chi connectivity index (χ0n) is 34.4. The molecule has 0 radical (unpaired) electrons. The maximum Gasteiger partial charge on any atom is 0.143 e. The van der Waals surface area contributed by atoms with Crippen molar-refractivity contribution >= 4 is 76.2 Å². The Morgan fingerprint density at radius 3 is 1.96 bits per heavy atom. The maximum absolute atomic E-state index is 9.47. The van der Waals surface area contributed by atoms with E-state index in [2.05, 4.69) is 118 Å². The zero-order chi connectivity index (χ0) is 40.4. The Hall–Kier alpha value is -7.36. The van der Waals surface area contributed by atoms with Gasteiger partial charge >= 0.3 is 0 Å². The summed E-state index contributed by atoms with van der Waals surface area (Å²) in [5, 5.41) is 8.44. The van der Waals surface area contributed by atoms with Crippen molar-refractivity contribution in [3.05, 3.63) is 194 Å². The maximum atomic E-state index is 9.47. The van der Waals surface area contributed by atoms with Crippen molar-refractivity contribution in [2.24, 2.45) is 0 Å². The molecule has 0 saturated carbocycles. The molecule has 9 aromatic carbocycles. The van der Waals surface area contributed by atoms with Crippen molar-refractivity contribution in [1.82, 2.24) is 9.13 Å². The molecule has 256 valence electrons. The van der Waals surface area contributed by atoms with E-state index in [9.17, 15) is 2.74 Å². The van der Waals surface area contributed by atoms with E-state index in [-0.39, 0.29) is 29.7 Å². The highest BCUT2D eigenvalue weighted by atomic mass is 16.3. The second-order valence-electron chi connectivity index (χ2n) is 14.1. The number of fused-ring (bicyclic) bond motifs is 11. The largest absolute Gasteiger partial charge is 0.455 e. The van der Waals surface area contributed by atoms with Crippen LogP contribution in [0.4, 0.5) is 0 Å². The number of nitrogens with zero attached hydrogens (tertiary/aromatic N) is 2. The van der Waals surface area contributed by atoms with Crippen molar-refractivity contribution in [1.29, 1.82) is 0 Å². The first-order valence-corrected chi connectivity index (χ1v) is 18.4. The molecule has 0 aliphatic rings. The average molecular weight is 706 g/mol. The number of rotatable bonds is 4. The van der Waals surface area contributed by atoms with Gasteiger partial charge in [0.05, 0.1) is 23.4 Å². The van der Waals surface area contributed by atoms with Crippen LogP contribution in [-0.2, 0) is 0 Å². The number of furan rings is 1. The molecule has 0 aliphatic carbocycles.